The van der Waals surface area contributed by atoms with Gasteiger partial charge in [0, 0.05) is 24.7 Å². The number of carbonyl (C=O) groups excluding carboxylic acids is 3. The third kappa shape index (κ3) is 7.02. The van der Waals surface area contributed by atoms with Gasteiger partial charge in [-0.2, -0.15) is 0 Å². The van der Waals surface area contributed by atoms with Crippen LogP contribution in [0.5, 0.6) is 0 Å². The smallest absolute Gasteiger partial charge is 0.321 e. The van der Waals surface area contributed by atoms with Gasteiger partial charge in [0.25, 0.3) is 0 Å². The number of amides is 4. The fourth-order valence-corrected chi connectivity index (χ4v) is 3.17. The van der Waals surface area contributed by atoms with Crippen molar-refractivity contribution in [3.05, 3.63) is 29.3 Å². The molecule has 1 saturated carbocycles. The highest BCUT2D eigenvalue weighted by molar-refractivity contribution is 5.95. The van der Waals surface area contributed by atoms with Crippen molar-refractivity contribution in [2.75, 3.05) is 25.5 Å². The lowest BCUT2D eigenvalue weighted by Crippen LogP contribution is -2.44. The molecule has 0 aliphatic heterocycles. The van der Waals surface area contributed by atoms with Gasteiger partial charge >= 0.3 is 6.03 Å². The summed E-state index contributed by atoms with van der Waals surface area (Å²) in [6.07, 6.45) is 4.34. The third-order valence-corrected chi connectivity index (χ3v) is 4.96. The molecule has 0 spiro atoms. The van der Waals surface area contributed by atoms with Crippen molar-refractivity contribution in [3.8, 4) is 0 Å². The molecule has 7 nitrogen and oxygen atoms in total. The van der Waals surface area contributed by atoms with E-state index in [2.05, 4.69) is 16.0 Å². The predicted molar refractivity (Wildman–Crippen MR) is 106 cm³/mol. The first-order chi connectivity index (χ1) is 12.8. The normalized spacial score (nSPS) is 14.2. The molecule has 7 heteroatoms. The number of imide groups is 1. The number of rotatable bonds is 7. The zero-order chi connectivity index (χ0) is 19.8. The number of carbonyl (C=O) groups is 3. The molecule has 1 aromatic carbocycles. The molecule has 0 bridgehead atoms. The molecule has 148 valence electrons. The molecule has 0 heterocycles. The SMILES string of the molecule is Cc1cccc(NC(=O)CN(C)CCC(=O)NC(=O)NC2CCCC2)c1C. The second-order valence-electron chi connectivity index (χ2n) is 7.29. The van der Waals surface area contributed by atoms with E-state index < -0.39 is 6.03 Å². The summed E-state index contributed by atoms with van der Waals surface area (Å²) in [6, 6.07) is 5.52. The summed E-state index contributed by atoms with van der Waals surface area (Å²) in [5.74, 6) is -0.474. The Kier molecular flexibility index (Phi) is 7.79. The van der Waals surface area contributed by atoms with Gasteiger partial charge in [0.05, 0.1) is 6.54 Å². The lowest BCUT2D eigenvalue weighted by Gasteiger charge is -2.17. The highest BCUT2D eigenvalue weighted by Crippen LogP contribution is 2.18. The maximum atomic E-state index is 12.2. The first-order valence-electron chi connectivity index (χ1n) is 9.50. The van der Waals surface area contributed by atoms with Crippen LogP contribution in [0.4, 0.5) is 10.5 Å². The molecule has 0 radical (unpaired) electrons. The third-order valence-electron chi connectivity index (χ3n) is 4.96. The quantitative estimate of drug-likeness (QED) is 0.683. The Balaban J connectivity index is 1.67. The van der Waals surface area contributed by atoms with Crippen LogP contribution in [0.15, 0.2) is 18.2 Å². The first kappa shape index (κ1) is 20.9. The van der Waals surface area contributed by atoms with E-state index in [9.17, 15) is 14.4 Å². The van der Waals surface area contributed by atoms with Crippen molar-refractivity contribution in [2.24, 2.45) is 0 Å². The number of nitrogens with one attached hydrogen (secondary N) is 3. The van der Waals surface area contributed by atoms with Crippen LogP contribution >= 0.6 is 0 Å². The molecule has 0 saturated heterocycles. The van der Waals surface area contributed by atoms with E-state index in [0.29, 0.717) is 6.54 Å². The average molecular weight is 374 g/mol. The van der Waals surface area contributed by atoms with E-state index in [0.717, 1.165) is 42.5 Å². The lowest BCUT2D eigenvalue weighted by molar-refractivity contribution is -0.121. The minimum atomic E-state index is -0.429. The van der Waals surface area contributed by atoms with Gasteiger partial charge < -0.3 is 10.6 Å². The van der Waals surface area contributed by atoms with E-state index in [4.69, 9.17) is 0 Å². The molecule has 27 heavy (non-hydrogen) atoms. The molecule has 1 aromatic rings. The van der Waals surface area contributed by atoms with Crippen LogP contribution in [-0.4, -0.2) is 48.9 Å². The predicted octanol–water partition coefficient (Wildman–Crippen LogP) is 2.33. The number of anilines is 1. The van der Waals surface area contributed by atoms with E-state index in [1.807, 2.05) is 32.0 Å². The van der Waals surface area contributed by atoms with Gasteiger partial charge in [0.15, 0.2) is 0 Å². The molecule has 3 N–H and O–H groups in total. The second kappa shape index (κ2) is 10.1. The minimum absolute atomic E-state index is 0.134. The van der Waals surface area contributed by atoms with Gasteiger partial charge in [0.2, 0.25) is 11.8 Å². The fourth-order valence-electron chi connectivity index (χ4n) is 3.17. The van der Waals surface area contributed by atoms with Gasteiger partial charge in [-0.3, -0.25) is 19.8 Å². The molecule has 0 unspecified atom stereocenters. The second-order valence-corrected chi connectivity index (χ2v) is 7.29. The topological polar surface area (TPSA) is 90.5 Å². The van der Waals surface area contributed by atoms with Gasteiger partial charge in [-0.25, -0.2) is 4.79 Å². The molecule has 2 rings (SSSR count). The first-order valence-corrected chi connectivity index (χ1v) is 9.50. The highest BCUT2D eigenvalue weighted by Gasteiger charge is 2.18. The van der Waals surface area contributed by atoms with Crippen LogP contribution in [0.1, 0.15) is 43.2 Å². The van der Waals surface area contributed by atoms with Crippen molar-refractivity contribution in [1.82, 2.24) is 15.5 Å². The Morgan fingerprint density at radius 2 is 1.81 bits per heavy atom. The lowest BCUT2D eigenvalue weighted by atomic mass is 10.1. The molecule has 4 amide bonds. The molecule has 1 fully saturated rings. The van der Waals surface area contributed by atoms with Gasteiger partial charge in [-0.15, -0.1) is 0 Å². The summed E-state index contributed by atoms with van der Waals surface area (Å²) in [5.41, 5.74) is 2.96. The van der Waals surface area contributed by atoms with E-state index in [-0.39, 0.29) is 30.8 Å². The Bertz CT molecular complexity index is 684. The standard InChI is InChI=1S/C20H30N4O3/c1-14-7-6-10-17(15(14)2)22-19(26)13-24(3)12-11-18(25)23-20(27)21-16-8-4-5-9-16/h6-7,10,16H,4-5,8-9,11-13H2,1-3H3,(H,22,26)(H2,21,23,25,27). The Morgan fingerprint density at radius 3 is 2.52 bits per heavy atom. The van der Waals surface area contributed by atoms with Crippen LogP contribution in [0.25, 0.3) is 0 Å². The van der Waals surface area contributed by atoms with Crippen molar-refractivity contribution < 1.29 is 14.4 Å². The molecule has 1 aliphatic rings. The number of hydrogen-bond donors (Lipinski definition) is 3. The van der Waals surface area contributed by atoms with Crippen molar-refractivity contribution in [2.45, 2.75) is 52.0 Å². The Morgan fingerprint density at radius 1 is 1.11 bits per heavy atom. The number of likely N-dealkylation sites (N-methyl/N-ethyl adjacent to an activating group) is 1. The van der Waals surface area contributed by atoms with Gasteiger partial charge in [0.1, 0.15) is 0 Å². The average Bonchev–Trinajstić information content (AvgIpc) is 3.10. The van der Waals surface area contributed by atoms with Gasteiger partial charge in [-0.05, 0) is 50.9 Å². The number of urea groups is 1. The monoisotopic (exact) mass is 374 g/mol. The van der Waals surface area contributed by atoms with Crippen molar-refractivity contribution in [3.63, 3.8) is 0 Å². The zero-order valence-corrected chi connectivity index (χ0v) is 16.4. The minimum Gasteiger partial charge on any atom is -0.335 e. The molecule has 0 aromatic heterocycles. The van der Waals surface area contributed by atoms with E-state index >= 15 is 0 Å². The summed E-state index contributed by atoms with van der Waals surface area (Å²) in [5, 5.41) is 8.07. The van der Waals surface area contributed by atoms with Crippen molar-refractivity contribution >= 4 is 23.5 Å². The molecular weight excluding hydrogens is 344 g/mol. The summed E-state index contributed by atoms with van der Waals surface area (Å²) in [4.78, 5) is 37.6. The summed E-state index contributed by atoms with van der Waals surface area (Å²) in [6.45, 7) is 4.53. The van der Waals surface area contributed by atoms with Crippen LogP contribution in [0.2, 0.25) is 0 Å². The molecule has 1 aliphatic carbocycles. The molecular formula is C20H30N4O3. The summed E-state index contributed by atoms with van der Waals surface area (Å²) >= 11 is 0. The highest BCUT2D eigenvalue weighted by atomic mass is 16.2. The zero-order valence-electron chi connectivity index (χ0n) is 16.4. The Labute approximate surface area is 160 Å². The number of nitrogens with zero attached hydrogens (tertiary/aromatic N) is 1. The summed E-state index contributed by atoms with van der Waals surface area (Å²) in [7, 11) is 1.77. The fraction of sp³-hybridized carbons (Fsp3) is 0.550. The van der Waals surface area contributed by atoms with Crippen molar-refractivity contribution in [1.29, 1.82) is 0 Å². The maximum absolute atomic E-state index is 12.2. The van der Waals surface area contributed by atoms with Crippen LogP contribution in [0.3, 0.4) is 0 Å². The van der Waals surface area contributed by atoms with Crippen LogP contribution in [0, 0.1) is 13.8 Å². The number of hydrogen-bond acceptors (Lipinski definition) is 4. The van der Waals surface area contributed by atoms with Crippen LogP contribution in [-0.2, 0) is 9.59 Å². The maximum Gasteiger partial charge on any atom is 0.321 e. The van der Waals surface area contributed by atoms with E-state index in [1.165, 1.54) is 0 Å². The largest absolute Gasteiger partial charge is 0.335 e. The number of aryl methyl sites for hydroxylation is 1. The van der Waals surface area contributed by atoms with Crippen LogP contribution < -0.4 is 16.0 Å². The molecule has 0 atom stereocenters. The van der Waals surface area contributed by atoms with Gasteiger partial charge in [-0.1, -0.05) is 25.0 Å². The van der Waals surface area contributed by atoms with E-state index in [1.54, 1.807) is 11.9 Å². The summed E-state index contributed by atoms with van der Waals surface area (Å²) < 4.78 is 0. The Hall–Kier alpha value is -2.41. The number of benzene rings is 1.